The Bertz CT molecular complexity index is 1320. The van der Waals surface area contributed by atoms with Crippen LogP contribution in [0.4, 0.5) is 0 Å². The first-order valence-electron chi connectivity index (χ1n) is 10.4. The number of carboxylic acid groups (broad SMARTS) is 1. The average molecular weight is 455 g/mol. The van der Waals surface area contributed by atoms with E-state index in [0.29, 0.717) is 16.9 Å². The summed E-state index contributed by atoms with van der Waals surface area (Å²) in [5, 5.41) is 12.7. The van der Waals surface area contributed by atoms with Gasteiger partial charge in [0.1, 0.15) is 11.5 Å². The number of fused-ring (bicyclic) bond motifs is 1. The van der Waals surface area contributed by atoms with E-state index in [0.717, 1.165) is 5.56 Å². The van der Waals surface area contributed by atoms with E-state index in [1.807, 2.05) is 19.1 Å². The van der Waals surface area contributed by atoms with Crippen LogP contribution in [-0.2, 0) is 9.59 Å². The molecule has 0 radical (unpaired) electrons. The monoisotopic (exact) mass is 455 g/mol. The van der Waals surface area contributed by atoms with Gasteiger partial charge in [0.25, 0.3) is 11.4 Å². The Kier molecular flexibility index (Phi) is 6.07. The van der Waals surface area contributed by atoms with Crippen LogP contribution in [0.5, 0.6) is 11.5 Å². The Hall–Kier alpha value is -4.57. The van der Waals surface area contributed by atoms with Crippen LogP contribution in [0, 0.1) is 18.8 Å². The summed E-state index contributed by atoms with van der Waals surface area (Å²) in [7, 11) is 1.49. The summed E-state index contributed by atoms with van der Waals surface area (Å²) in [6.07, 6.45) is 0. The van der Waals surface area contributed by atoms with Gasteiger partial charge in [-0.15, -0.1) is 0 Å². The van der Waals surface area contributed by atoms with Gasteiger partial charge in [-0.2, -0.15) is 0 Å². The largest absolute Gasteiger partial charge is 0.497 e. The van der Waals surface area contributed by atoms with Crippen LogP contribution in [0.3, 0.4) is 0 Å². The number of methoxy groups -OCH3 is 1. The normalized spacial score (nSPS) is 18.5. The highest BCUT2D eigenvalue weighted by Crippen LogP contribution is 2.40. The van der Waals surface area contributed by atoms with E-state index < -0.39 is 29.3 Å². The lowest BCUT2D eigenvalue weighted by molar-refractivity contribution is -0.158. The molecule has 0 spiro atoms. The Morgan fingerprint density at radius 2 is 1.71 bits per heavy atom. The van der Waals surface area contributed by atoms with Gasteiger partial charge in [0, 0.05) is 16.7 Å². The van der Waals surface area contributed by atoms with Crippen molar-refractivity contribution in [2.75, 3.05) is 7.11 Å². The number of ether oxygens (including phenoxy) is 2. The van der Waals surface area contributed by atoms with E-state index in [-0.39, 0.29) is 11.3 Å². The number of aryl methyl sites for hydroxylation is 1. The predicted molar refractivity (Wildman–Crippen MR) is 124 cm³/mol. The molecule has 2 N–H and O–H groups in total. The van der Waals surface area contributed by atoms with Gasteiger partial charge < -0.3 is 19.9 Å². The Morgan fingerprint density at radius 1 is 1.03 bits per heavy atom. The van der Waals surface area contributed by atoms with Crippen molar-refractivity contribution in [2.24, 2.45) is 0 Å². The minimum Gasteiger partial charge on any atom is -0.497 e. The first-order chi connectivity index (χ1) is 16.3. The third kappa shape index (κ3) is 4.09. The molecule has 0 aliphatic carbocycles. The number of carboxylic acids is 1. The lowest BCUT2D eigenvalue weighted by Crippen LogP contribution is -2.66. The first kappa shape index (κ1) is 22.6. The fourth-order valence-corrected chi connectivity index (χ4v) is 3.70. The molecule has 0 saturated carbocycles. The van der Waals surface area contributed by atoms with Crippen molar-refractivity contribution in [2.45, 2.75) is 18.4 Å². The summed E-state index contributed by atoms with van der Waals surface area (Å²) in [6, 6.07) is 20.0. The maximum atomic E-state index is 13.1. The van der Waals surface area contributed by atoms with Crippen molar-refractivity contribution in [1.82, 2.24) is 5.32 Å². The molecule has 7 nitrogen and oxygen atoms in total. The van der Waals surface area contributed by atoms with Crippen LogP contribution in [0.25, 0.3) is 0 Å². The van der Waals surface area contributed by atoms with Crippen LogP contribution in [0.2, 0.25) is 0 Å². The second kappa shape index (κ2) is 9.12. The molecule has 0 fully saturated rings. The number of rotatable bonds is 4. The van der Waals surface area contributed by atoms with Crippen LogP contribution < -0.4 is 14.8 Å². The number of nitrogens with one attached hydrogen (secondary N) is 1. The van der Waals surface area contributed by atoms with E-state index in [1.165, 1.54) is 19.2 Å². The maximum Gasteiger partial charge on any atom is 0.350 e. The molecule has 1 heterocycles. The van der Waals surface area contributed by atoms with Crippen molar-refractivity contribution < 1.29 is 29.0 Å². The first-order valence-corrected chi connectivity index (χ1v) is 10.4. The van der Waals surface area contributed by atoms with Gasteiger partial charge in [-0.25, -0.2) is 9.59 Å². The molecule has 4 rings (SSSR count). The second-order valence-electron chi connectivity index (χ2n) is 7.79. The molecule has 170 valence electrons. The summed E-state index contributed by atoms with van der Waals surface area (Å²) in [5.74, 6) is 1.95. The molecule has 3 aromatic carbocycles. The fraction of sp³-hybridized carbons (Fsp3) is 0.148. The molecule has 0 aromatic heterocycles. The molecule has 1 amide bonds. The van der Waals surface area contributed by atoms with Gasteiger partial charge in [0.2, 0.25) is 0 Å². The summed E-state index contributed by atoms with van der Waals surface area (Å²) >= 11 is 0. The Labute approximate surface area is 196 Å². The zero-order chi connectivity index (χ0) is 24.3. The van der Waals surface area contributed by atoms with Gasteiger partial charge in [0.05, 0.1) is 13.0 Å². The zero-order valence-electron chi connectivity index (χ0n) is 18.5. The molecule has 0 saturated heterocycles. The number of carbonyl (C=O) groups excluding carboxylic acids is 2. The minimum absolute atomic E-state index is 0.151. The number of hydrogen-bond donors (Lipinski definition) is 2. The number of carbonyl (C=O) groups is 3. The third-order valence-corrected chi connectivity index (χ3v) is 5.60. The predicted octanol–water partition coefficient (Wildman–Crippen LogP) is 3.31. The quantitative estimate of drug-likeness (QED) is 0.271. The third-order valence-electron chi connectivity index (χ3n) is 5.60. The smallest absolute Gasteiger partial charge is 0.350 e. The van der Waals surface area contributed by atoms with Crippen molar-refractivity contribution in [3.8, 4) is 23.3 Å². The maximum absolute atomic E-state index is 13.1. The van der Waals surface area contributed by atoms with E-state index in [4.69, 9.17) is 9.47 Å². The van der Waals surface area contributed by atoms with Crippen LogP contribution in [-0.4, -0.2) is 35.6 Å². The number of hydrogen-bond acceptors (Lipinski definition) is 5. The standard InChI is InChI=1S/C27H21NO6/c1-17-7-9-18(10-8-17)11-16-22-21-5-3-4-6-23(21)34-26(32)27(22,25(30)31)28-24(29)19-12-14-20(33-2)15-13-19/h3-10,12-15,22H,1-2H3,(H,28,29)(H,30,31)/t22-,27-/m1/s1. The second-order valence-corrected chi connectivity index (χ2v) is 7.79. The molecule has 0 bridgehead atoms. The van der Waals surface area contributed by atoms with Gasteiger partial charge >= 0.3 is 11.9 Å². The van der Waals surface area contributed by atoms with Crippen LogP contribution >= 0.6 is 0 Å². The molecule has 1 aliphatic heterocycles. The lowest BCUT2D eigenvalue weighted by atomic mass is 9.76. The molecular weight excluding hydrogens is 434 g/mol. The summed E-state index contributed by atoms with van der Waals surface area (Å²) < 4.78 is 10.5. The minimum atomic E-state index is -2.46. The number of aliphatic carboxylic acids is 1. The Balaban J connectivity index is 1.82. The van der Waals surface area contributed by atoms with Gasteiger partial charge in [-0.05, 0) is 49.4 Å². The zero-order valence-corrected chi connectivity index (χ0v) is 18.5. The molecule has 2 atom stereocenters. The number of benzene rings is 3. The molecule has 1 aliphatic rings. The fourth-order valence-electron chi connectivity index (χ4n) is 3.70. The molecular formula is C27H21NO6. The highest BCUT2D eigenvalue weighted by Gasteiger charge is 2.59. The van der Waals surface area contributed by atoms with Crippen molar-refractivity contribution >= 4 is 17.8 Å². The van der Waals surface area contributed by atoms with Gasteiger partial charge in [-0.3, -0.25) is 4.79 Å². The van der Waals surface area contributed by atoms with Crippen molar-refractivity contribution in [3.05, 3.63) is 95.1 Å². The summed E-state index contributed by atoms with van der Waals surface area (Å²) in [5.41, 5.74) is -0.229. The van der Waals surface area contributed by atoms with Gasteiger partial charge in [-0.1, -0.05) is 47.7 Å². The van der Waals surface area contributed by atoms with E-state index >= 15 is 0 Å². The summed E-state index contributed by atoms with van der Waals surface area (Å²) in [6.45, 7) is 1.94. The highest BCUT2D eigenvalue weighted by molar-refractivity contribution is 6.12. The number of amides is 1. The number of esters is 1. The van der Waals surface area contributed by atoms with Crippen molar-refractivity contribution in [1.29, 1.82) is 0 Å². The highest BCUT2D eigenvalue weighted by atomic mass is 16.5. The van der Waals surface area contributed by atoms with Crippen LogP contribution in [0.1, 0.15) is 33.0 Å². The average Bonchev–Trinajstić information content (AvgIpc) is 2.84. The number of para-hydroxylation sites is 1. The lowest BCUT2D eigenvalue weighted by Gasteiger charge is -2.37. The molecule has 3 aromatic rings. The molecule has 34 heavy (non-hydrogen) atoms. The topological polar surface area (TPSA) is 102 Å². The van der Waals surface area contributed by atoms with Crippen LogP contribution in [0.15, 0.2) is 72.8 Å². The van der Waals surface area contributed by atoms with Crippen molar-refractivity contribution in [3.63, 3.8) is 0 Å². The SMILES string of the molecule is COc1ccc(C(=O)N[C@]2(C(=O)O)C(=O)Oc3ccccc3[C@H]2C#Cc2ccc(C)cc2)cc1. The van der Waals surface area contributed by atoms with E-state index in [9.17, 15) is 19.5 Å². The molecule has 7 heteroatoms. The summed E-state index contributed by atoms with van der Waals surface area (Å²) in [4.78, 5) is 38.8. The van der Waals surface area contributed by atoms with Gasteiger partial charge in [0.15, 0.2) is 0 Å². The Morgan fingerprint density at radius 3 is 2.35 bits per heavy atom. The molecule has 0 unspecified atom stereocenters. The van der Waals surface area contributed by atoms with E-state index in [2.05, 4.69) is 17.2 Å². The van der Waals surface area contributed by atoms with E-state index in [1.54, 1.807) is 48.5 Å².